The number of anilines is 2. The quantitative estimate of drug-likeness (QED) is 0.136. The Morgan fingerprint density at radius 1 is 0.660 bits per heavy atom. The Hall–Kier alpha value is -5.06. The van der Waals surface area contributed by atoms with Crippen LogP contribution < -0.4 is 24.8 Å². The first-order valence-electron chi connectivity index (χ1n) is 17.4. The van der Waals surface area contributed by atoms with E-state index in [1.807, 2.05) is 36.4 Å². The van der Waals surface area contributed by atoms with Crippen molar-refractivity contribution < 1.29 is 23.8 Å². The number of likely N-dealkylation sites (tertiary alicyclic amines) is 1. The molecule has 8 nitrogen and oxygen atoms in total. The molecule has 6 aromatic rings. The van der Waals surface area contributed by atoms with Crippen LogP contribution >= 0.6 is 34.5 Å². The average molecular weight is 767 g/mol. The summed E-state index contributed by atoms with van der Waals surface area (Å²) >= 11 is 13.5. The summed E-state index contributed by atoms with van der Waals surface area (Å²) in [7, 11) is 0. The Kier molecular flexibility index (Phi) is 11.8. The summed E-state index contributed by atoms with van der Waals surface area (Å²) in [6.45, 7) is 3.92. The number of amides is 2. The minimum Gasteiger partial charge on any atom is -0.492 e. The van der Waals surface area contributed by atoms with Crippen LogP contribution in [0.2, 0.25) is 10.0 Å². The molecule has 0 unspecified atom stereocenters. The zero-order chi connectivity index (χ0) is 36.6. The van der Waals surface area contributed by atoms with Gasteiger partial charge in [-0.1, -0.05) is 41.8 Å². The van der Waals surface area contributed by atoms with Gasteiger partial charge in [0.25, 0.3) is 0 Å². The molecule has 2 amide bonds. The number of nitrogens with one attached hydrogen (secondary N) is 2. The van der Waals surface area contributed by atoms with Crippen molar-refractivity contribution in [3.8, 4) is 27.7 Å². The number of nitrogens with zero attached hydrogens (tertiary/aromatic N) is 1. The number of hydrogen-bond acceptors (Lipinski definition) is 7. The van der Waals surface area contributed by atoms with Gasteiger partial charge in [0, 0.05) is 37.5 Å². The molecule has 1 saturated heterocycles. The van der Waals surface area contributed by atoms with Gasteiger partial charge < -0.3 is 14.2 Å². The zero-order valence-electron chi connectivity index (χ0n) is 28.8. The van der Waals surface area contributed by atoms with Crippen LogP contribution in [0.1, 0.15) is 30.4 Å². The molecule has 7 rings (SSSR count). The monoisotopic (exact) mass is 765 g/mol. The standard InChI is InChI=1S/C42H37Cl2N3O5S/c43-30-8-12-32(13-9-30)45-41(48)51-35-18-6-29(7-19-35)40-38(26-28-4-16-34(17-5-28)50-25-24-47-22-2-1-3-23-47)37-21-20-36(27-39(37)53-40)52-42(49)46-33-14-10-31(44)11-15-33/h4-21,27H,1-3,22-26H2,(H,45,48)(H,46,49). The summed E-state index contributed by atoms with van der Waals surface area (Å²) < 4.78 is 18.3. The first kappa shape index (κ1) is 36.3. The molecule has 2 N–H and O–H groups in total. The predicted molar refractivity (Wildman–Crippen MR) is 214 cm³/mol. The first-order chi connectivity index (χ1) is 25.8. The van der Waals surface area contributed by atoms with E-state index in [0.717, 1.165) is 57.0 Å². The Morgan fingerprint density at radius 3 is 1.85 bits per heavy atom. The molecule has 0 spiro atoms. The van der Waals surface area contributed by atoms with E-state index in [1.54, 1.807) is 78.1 Å². The second kappa shape index (κ2) is 17.2. The molecular weight excluding hydrogens is 729 g/mol. The van der Waals surface area contributed by atoms with Gasteiger partial charge in [0.2, 0.25) is 0 Å². The number of piperidine rings is 1. The van der Waals surface area contributed by atoms with Crippen molar-refractivity contribution in [2.24, 2.45) is 0 Å². The molecule has 1 fully saturated rings. The van der Waals surface area contributed by atoms with E-state index in [-0.39, 0.29) is 0 Å². The summed E-state index contributed by atoms with van der Waals surface area (Å²) in [5.41, 5.74) is 4.39. The third kappa shape index (κ3) is 9.88. The third-order valence-electron chi connectivity index (χ3n) is 8.91. The highest BCUT2D eigenvalue weighted by molar-refractivity contribution is 7.22. The fourth-order valence-electron chi connectivity index (χ4n) is 6.23. The summed E-state index contributed by atoms with van der Waals surface area (Å²) in [4.78, 5) is 28.8. The largest absolute Gasteiger partial charge is 0.492 e. The Morgan fingerprint density at radius 2 is 1.23 bits per heavy atom. The molecule has 5 aromatic carbocycles. The Labute approximate surface area is 322 Å². The SMILES string of the molecule is O=C(Nc1ccc(Cl)cc1)Oc1ccc(-c2sc3cc(OC(=O)Nc4ccc(Cl)cc4)ccc3c2Cc2ccc(OCCN3CCCCC3)cc2)cc1. The molecule has 1 aliphatic heterocycles. The topological polar surface area (TPSA) is 89.1 Å². The number of benzene rings is 5. The first-order valence-corrected chi connectivity index (χ1v) is 19.0. The van der Waals surface area contributed by atoms with Crippen LogP contribution in [0.15, 0.2) is 115 Å². The van der Waals surface area contributed by atoms with Gasteiger partial charge in [0.05, 0.1) is 0 Å². The molecule has 0 aliphatic carbocycles. The van der Waals surface area contributed by atoms with Crippen molar-refractivity contribution >= 4 is 68.2 Å². The van der Waals surface area contributed by atoms with Crippen LogP contribution in [0.5, 0.6) is 17.2 Å². The Bertz CT molecular complexity index is 2170. The summed E-state index contributed by atoms with van der Waals surface area (Å²) in [5.74, 6) is 1.68. The molecule has 270 valence electrons. The summed E-state index contributed by atoms with van der Waals surface area (Å²) in [6.07, 6.45) is 3.32. The lowest BCUT2D eigenvalue weighted by Crippen LogP contribution is -2.33. The fraction of sp³-hybridized carbons (Fsp3) is 0.190. The average Bonchev–Trinajstić information content (AvgIpc) is 3.52. The van der Waals surface area contributed by atoms with Gasteiger partial charge in [-0.05, 0) is 158 Å². The van der Waals surface area contributed by atoms with E-state index < -0.39 is 12.2 Å². The van der Waals surface area contributed by atoms with E-state index in [2.05, 4.69) is 27.7 Å². The fourth-order valence-corrected chi connectivity index (χ4v) is 7.73. The maximum Gasteiger partial charge on any atom is 0.417 e. The number of thiophene rings is 1. The summed E-state index contributed by atoms with van der Waals surface area (Å²) in [6, 6.07) is 35.0. The zero-order valence-corrected chi connectivity index (χ0v) is 31.1. The van der Waals surface area contributed by atoms with Crippen LogP contribution in [0.4, 0.5) is 21.0 Å². The van der Waals surface area contributed by atoms with Crippen LogP contribution in [0.25, 0.3) is 20.5 Å². The molecule has 0 radical (unpaired) electrons. The molecular formula is C42H37Cl2N3O5S. The minimum atomic E-state index is -0.603. The number of carbonyl (C=O) groups is 2. The van der Waals surface area contributed by atoms with Crippen molar-refractivity contribution in [1.82, 2.24) is 4.90 Å². The van der Waals surface area contributed by atoms with Crippen LogP contribution in [0, 0.1) is 0 Å². The second-order valence-corrected chi connectivity index (χ2v) is 14.6. The van der Waals surface area contributed by atoms with E-state index in [9.17, 15) is 9.59 Å². The number of ether oxygens (including phenoxy) is 3. The van der Waals surface area contributed by atoms with E-state index in [0.29, 0.717) is 45.9 Å². The Balaban J connectivity index is 1.09. The normalized spacial score (nSPS) is 13.0. The highest BCUT2D eigenvalue weighted by Gasteiger charge is 2.18. The summed E-state index contributed by atoms with van der Waals surface area (Å²) in [5, 5.41) is 7.65. The third-order valence-corrected chi connectivity index (χ3v) is 10.7. The second-order valence-electron chi connectivity index (χ2n) is 12.7. The molecule has 1 aromatic heterocycles. The van der Waals surface area contributed by atoms with Gasteiger partial charge in [-0.2, -0.15) is 0 Å². The van der Waals surface area contributed by atoms with Crippen LogP contribution in [0.3, 0.4) is 0 Å². The van der Waals surface area contributed by atoms with E-state index in [4.69, 9.17) is 37.4 Å². The van der Waals surface area contributed by atoms with E-state index >= 15 is 0 Å². The van der Waals surface area contributed by atoms with E-state index in [1.165, 1.54) is 19.3 Å². The lowest BCUT2D eigenvalue weighted by Gasteiger charge is -2.26. The van der Waals surface area contributed by atoms with Gasteiger partial charge in [0.15, 0.2) is 0 Å². The van der Waals surface area contributed by atoms with Crippen molar-refractivity contribution in [3.05, 3.63) is 136 Å². The number of fused-ring (bicyclic) bond motifs is 1. The highest BCUT2D eigenvalue weighted by atomic mass is 35.5. The van der Waals surface area contributed by atoms with Crippen molar-refractivity contribution in [1.29, 1.82) is 0 Å². The van der Waals surface area contributed by atoms with Crippen LogP contribution in [-0.2, 0) is 6.42 Å². The number of rotatable bonds is 11. The van der Waals surface area contributed by atoms with Gasteiger partial charge in [0.1, 0.15) is 23.9 Å². The maximum absolute atomic E-state index is 12.7. The van der Waals surface area contributed by atoms with Gasteiger partial charge in [-0.15, -0.1) is 11.3 Å². The molecule has 0 bridgehead atoms. The molecule has 0 atom stereocenters. The molecule has 53 heavy (non-hydrogen) atoms. The lowest BCUT2D eigenvalue weighted by atomic mass is 9.99. The van der Waals surface area contributed by atoms with Gasteiger partial charge in [-0.3, -0.25) is 15.5 Å². The van der Waals surface area contributed by atoms with Crippen molar-refractivity contribution in [2.45, 2.75) is 25.7 Å². The van der Waals surface area contributed by atoms with Crippen LogP contribution in [-0.4, -0.2) is 43.3 Å². The lowest BCUT2D eigenvalue weighted by molar-refractivity contribution is 0.183. The van der Waals surface area contributed by atoms with Crippen molar-refractivity contribution in [3.63, 3.8) is 0 Å². The van der Waals surface area contributed by atoms with Gasteiger partial charge >= 0.3 is 12.2 Å². The van der Waals surface area contributed by atoms with Crippen molar-refractivity contribution in [2.75, 3.05) is 36.9 Å². The smallest absolute Gasteiger partial charge is 0.417 e. The molecule has 2 heterocycles. The van der Waals surface area contributed by atoms with Gasteiger partial charge in [-0.25, -0.2) is 9.59 Å². The number of halogens is 2. The molecule has 0 saturated carbocycles. The maximum atomic E-state index is 12.7. The molecule has 11 heteroatoms. The highest BCUT2D eigenvalue weighted by Crippen LogP contribution is 2.42. The predicted octanol–water partition coefficient (Wildman–Crippen LogP) is 11.6. The number of hydrogen-bond donors (Lipinski definition) is 2. The number of carbonyl (C=O) groups excluding carboxylic acids is 2. The molecule has 1 aliphatic rings. The minimum absolute atomic E-state index is 0.404.